The van der Waals surface area contributed by atoms with Crippen molar-refractivity contribution in [1.82, 2.24) is 0 Å². The number of ketones is 2. The lowest BCUT2D eigenvalue weighted by Crippen LogP contribution is -2.35. The van der Waals surface area contributed by atoms with Crippen molar-refractivity contribution >= 4 is 11.6 Å². The van der Waals surface area contributed by atoms with Crippen LogP contribution in [0.4, 0.5) is 0 Å². The maximum Gasteiger partial charge on any atom is 0.201 e. The minimum Gasteiger partial charge on any atom is -0.507 e. The second-order valence-electron chi connectivity index (χ2n) is 7.16. The summed E-state index contributed by atoms with van der Waals surface area (Å²) in [6, 6.07) is 6.71. The molecule has 0 fully saturated rings. The second kappa shape index (κ2) is 5.68. The maximum absolute atomic E-state index is 13.1. The molecule has 4 rings (SSSR count). The van der Waals surface area contributed by atoms with Crippen LogP contribution in [-0.2, 0) is 17.6 Å². The third-order valence-electron chi connectivity index (χ3n) is 5.65. The molecular formula is C21H20O5. The SMILES string of the molecule is COc1cccc2c1C(=O)c1c(cc3c(c1O)CC[C@](C)(OC)C3)C2=O. The third-order valence-corrected chi connectivity index (χ3v) is 5.65. The van der Waals surface area contributed by atoms with Gasteiger partial charge in [0.2, 0.25) is 5.78 Å². The summed E-state index contributed by atoms with van der Waals surface area (Å²) in [5.74, 6) is -0.371. The highest BCUT2D eigenvalue weighted by atomic mass is 16.5. The number of carbonyl (C=O) groups excluding carboxylic acids is 2. The summed E-state index contributed by atoms with van der Waals surface area (Å²) in [7, 11) is 3.13. The third kappa shape index (κ3) is 2.20. The summed E-state index contributed by atoms with van der Waals surface area (Å²) in [6.45, 7) is 2.01. The van der Waals surface area contributed by atoms with Gasteiger partial charge < -0.3 is 14.6 Å². The Labute approximate surface area is 151 Å². The smallest absolute Gasteiger partial charge is 0.201 e. The van der Waals surface area contributed by atoms with E-state index >= 15 is 0 Å². The van der Waals surface area contributed by atoms with Gasteiger partial charge in [-0.05, 0) is 43.0 Å². The monoisotopic (exact) mass is 352 g/mol. The standard InChI is InChI=1S/C21H20O5/c1-21(26-3)8-7-12-11(10-21)9-14-17(19(12)23)20(24)16-13(18(14)22)5-4-6-15(16)25-2/h4-6,9,23H,7-8,10H2,1-3H3/t21-/m0/s1. The van der Waals surface area contributed by atoms with Gasteiger partial charge in [0, 0.05) is 24.7 Å². The van der Waals surface area contributed by atoms with Crippen LogP contribution in [0.2, 0.25) is 0 Å². The number of hydrogen-bond donors (Lipinski definition) is 1. The molecule has 5 nitrogen and oxygen atoms in total. The fraction of sp³-hybridized carbons (Fsp3) is 0.333. The van der Waals surface area contributed by atoms with Gasteiger partial charge >= 0.3 is 0 Å². The molecule has 0 bridgehead atoms. The van der Waals surface area contributed by atoms with Crippen LogP contribution in [0.25, 0.3) is 0 Å². The molecule has 2 aliphatic rings. The zero-order chi connectivity index (χ0) is 18.6. The molecule has 0 amide bonds. The molecule has 0 saturated carbocycles. The van der Waals surface area contributed by atoms with Crippen molar-refractivity contribution < 1.29 is 24.2 Å². The van der Waals surface area contributed by atoms with Gasteiger partial charge in [0.05, 0.1) is 23.8 Å². The van der Waals surface area contributed by atoms with Crippen LogP contribution in [-0.4, -0.2) is 36.5 Å². The van der Waals surface area contributed by atoms with Crippen molar-refractivity contribution in [2.24, 2.45) is 0 Å². The Hall–Kier alpha value is -2.66. The fourth-order valence-electron chi connectivity index (χ4n) is 4.06. The molecule has 0 aromatic heterocycles. The van der Waals surface area contributed by atoms with E-state index in [2.05, 4.69) is 0 Å². The van der Waals surface area contributed by atoms with Crippen LogP contribution in [0.15, 0.2) is 24.3 Å². The van der Waals surface area contributed by atoms with Gasteiger partial charge in [-0.3, -0.25) is 9.59 Å². The first-order valence-corrected chi connectivity index (χ1v) is 8.59. The molecule has 0 heterocycles. The lowest BCUT2D eigenvalue weighted by molar-refractivity contribution is -0.00521. The van der Waals surface area contributed by atoms with E-state index in [0.717, 1.165) is 17.5 Å². The zero-order valence-electron chi connectivity index (χ0n) is 15.0. The largest absolute Gasteiger partial charge is 0.507 e. The lowest BCUT2D eigenvalue weighted by atomic mass is 9.75. The quantitative estimate of drug-likeness (QED) is 0.767. The van der Waals surface area contributed by atoms with Crippen molar-refractivity contribution in [3.8, 4) is 11.5 Å². The van der Waals surface area contributed by atoms with Crippen LogP contribution in [0.1, 0.15) is 56.3 Å². The molecule has 2 aromatic rings. The normalized spacial score (nSPS) is 21.0. The summed E-state index contributed by atoms with van der Waals surface area (Å²) >= 11 is 0. The van der Waals surface area contributed by atoms with E-state index in [1.54, 1.807) is 31.4 Å². The van der Waals surface area contributed by atoms with E-state index < -0.39 is 0 Å². The Kier molecular flexibility index (Phi) is 3.66. The fourth-order valence-corrected chi connectivity index (χ4v) is 4.06. The molecule has 2 aliphatic carbocycles. The highest BCUT2D eigenvalue weighted by Gasteiger charge is 2.39. The molecule has 0 aliphatic heterocycles. The van der Waals surface area contributed by atoms with Crippen molar-refractivity contribution in [3.63, 3.8) is 0 Å². The lowest BCUT2D eigenvalue weighted by Gasteiger charge is -2.35. The van der Waals surface area contributed by atoms with Crippen molar-refractivity contribution in [2.45, 2.75) is 31.8 Å². The summed E-state index contributed by atoms with van der Waals surface area (Å²) in [5, 5.41) is 10.8. The van der Waals surface area contributed by atoms with Gasteiger partial charge in [0.15, 0.2) is 5.78 Å². The number of benzene rings is 2. The molecular weight excluding hydrogens is 332 g/mol. The first-order chi connectivity index (χ1) is 12.4. The van der Waals surface area contributed by atoms with Crippen LogP contribution < -0.4 is 4.74 Å². The minimum absolute atomic E-state index is 0.0782. The number of carbonyl (C=O) groups is 2. The Balaban J connectivity index is 1.94. The van der Waals surface area contributed by atoms with Crippen LogP contribution in [0, 0.1) is 0 Å². The van der Waals surface area contributed by atoms with E-state index in [1.165, 1.54) is 7.11 Å². The van der Waals surface area contributed by atoms with Gasteiger partial charge in [0.25, 0.3) is 0 Å². The molecule has 26 heavy (non-hydrogen) atoms. The summed E-state index contributed by atoms with van der Waals surface area (Å²) < 4.78 is 10.9. The van der Waals surface area contributed by atoms with Gasteiger partial charge in [-0.1, -0.05) is 12.1 Å². The van der Waals surface area contributed by atoms with E-state index in [9.17, 15) is 14.7 Å². The predicted molar refractivity (Wildman–Crippen MR) is 95.4 cm³/mol. The number of ether oxygens (including phenoxy) is 2. The number of phenols is 1. The summed E-state index contributed by atoms with van der Waals surface area (Å²) in [4.78, 5) is 26.1. The molecule has 1 N–H and O–H groups in total. The van der Waals surface area contributed by atoms with E-state index in [0.29, 0.717) is 24.2 Å². The average Bonchev–Trinajstić information content (AvgIpc) is 2.65. The van der Waals surface area contributed by atoms with Gasteiger partial charge in [-0.15, -0.1) is 0 Å². The molecule has 0 unspecified atom stereocenters. The molecule has 2 aromatic carbocycles. The molecule has 1 atom stereocenters. The van der Waals surface area contributed by atoms with Crippen molar-refractivity contribution in [2.75, 3.05) is 14.2 Å². The number of aromatic hydroxyl groups is 1. The zero-order valence-corrected chi connectivity index (χ0v) is 15.0. The molecule has 5 heteroatoms. The summed E-state index contributed by atoms with van der Waals surface area (Å²) in [5.41, 5.74) is 2.14. The topological polar surface area (TPSA) is 72.8 Å². The molecule has 0 spiro atoms. The molecule has 0 radical (unpaired) electrons. The Morgan fingerprint density at radius 3 is 2.54 bits per heavy atom. The van der Waals surface area contributed by atoms with E-state index in [1.807, 2.05) is 6.92 Å². The van der Waals surface area contributed by atoms with E-state index in [4.69, 9.17) is 9.47 Å². The first-order valence-electron chi connectivity index (χ1n) is 8.59. The van der Waals surface area contributed by atoms with Crippen molar-refractivity contribution in [1.29, 1.82) is 0 Å². The highest BCUT2D eigenvalue weighted by molar-refractivity contribution is 6.30. The van der Waals surface area contributed by atoms with Crippen molar-refractivity contribution in [3.05, 3.63) is 57.6 Å². The average molecular weight is 352 g/mol. The molecule has 134 valence electrons. The van der Waals surface area contributed by atoms with Crippen LogP contribution >= 0.6 is 0 Å². The second-order valence-corrected chi connectivity index (χ2v) is 7.16. The minimum atomic E-state index is -0.368. The number of fused-ring (bicyclic) bond motifs is 3. The van der Waals surface area contributed by atoms with Gasteiger partial charge in [-0.25, -0.2) is 0 Å². The molecule has 0 saturated heterocycles. The Bertz CT molecular complexity index is 959. The van der Waals surface area contributed by atoms with Gasteiger partial charge in [0.1, 0.15) is 11.5 Å². The van der Waals surface area contributed by atoms with Crippen LogP contribution in [0.3, 0.4) is 0 Å². The number of rotatable bonds is 2. The highest BCUT2D eigenvalue weighted by Crippen LogP contribution is 2.43. The Morgan fingerprint density at radius 1 is 1.08 bits per heavy atom. The Morgan fingerprint density at radius 2 is 1.85 bits per heavy atom. The number of hydrogen-bond acceptors (Lipinski definition) is 5. The van der Waals surface area contributed by atoms with Crippen LogP contribution in [0.5, 0.6) is 11.5 Å². The number of phenolic OH excluding ortho intramolecular Hbond substituents is 1. The first kappa shape index (κ1) is 16.8. The van der Waals surface area contributed by atoms with Gasteiger partial charge in [-0.2, -0.15) is 0 Å². The maximum atomic E-state index is 13.1. The number of methoxy groups -OCH3 is 2. The van der Waals surface area contributed by atoms with E-state index in [-0.39, 0.29) is 39.6 Å². The predicted octanol–water partition coefficient (Wildman–Crippen LogP) is 3.07. The summed E-state index contributed by atoms with van der Waals surface area (Å²) in [6.07, 6.45) is 1.93.